The molecule has 0 amide bonds. The first-order valence-electron chi connectivity index (χ1n) is 3.21. The maximum Gasteiger partial charge on any atom is 1.00 e. The Labute approximate surface area is 71.6 Å². The average Bonchev–Trinajstić information content (AvgIpc) is 1.21. The summed E-state index contributed by atoms with van der Waals surface area (Å²) in [6.45, 7) is 11.2. The van der Waals surface area contributed by atoms with Crippen molar-refractivity contribution in [3.05, 3.63) is 5.92 Å². The minimum absolute atomic E-state index is 0. The van der Waals surface area contributed by atoms with Gasteiger partial charge in [0, 0.05) is 0 Å². The van der Waals surface area contributed by atoms with Crippen molar-refractivity contribution in [3.8, 4) is 0 Å². The van der Waals surface area contributed by atoms with Crippen LogP contribution >= 0.6 is 0 Å². The van der Waals surface area contributed by atoms with Crippen LogP contribution in [0.2, 0.25) is 0 Å². The van der Waals surface area contributed by atoms with Crippen LogP contribution in [0.4, 0.5) is 0 Å². The molecule has 0 rings (SSSR count). The van der Waals surface area contributed by atoms with E-state index < -0.39 is 0 Å². The molecule has 0 saturated carbocycles. The molecule has 0 aliphatic carbocycles. The summed E-state index contributed by atoms with van der Waals surface area (Å²) < 4.78 is 0. The van der Waals surface area contributed by atoms with Gasteiger partial charge < -0.3 is 5.92 Å². The van der Waals surface area contributed by atoms with E-state index in [0.29, 0.717) is 5.41 Å². The molecule has 50 valence electrons. The second-order valence-electron chi connectivity index (χ2n) is 3.94. The van der Waals surface area contributed by atoms with Crippen LogP contribution in [0.25, 0.3) is 0 Å². The quantitative estimate of drug-likeness (QED) is 0.338. The Bertz CT molecular complexity index is 59.5. The first-order valence-corrected chi connectivity index (χ1v) is 3.21. The molecule has 0 atom stereocenters. The van der Waals surface area contributed by atoms with Gasteiger partial charge in [-0.25, -0.2) is 0 Å². The normalized spacial score (nSPS) is 11.3. The van der Waals surface area contributed by atoms with Crippen LogP contribution < -0.4 is 18.9 Å². The van der Waals surface area contributed by atoms with Crippen LogP contribution in [0.15, 0.2) is 0 Å². The fourth-order valence-electron chi connectivity index (χ4n) is 1.06. The summed E-state index contributed by atoms with van der Waals surface area (Å²) in [7, 11) is 0. The van der Waals surface area contributed by atoms with Gasteiger partial charge in [-0.2, -0.15) is 20.3 Å². The zero-order valence-corrected chi connectivity index (χ0v) is 7.71. The van der Waals surface area contributed by atoms with Crippen LogP contribution in [0.1, 0.15) is 41.0 Å². The van der Waals surface area contributed by atoms with Gasteiger partial charge in [-0.05, 0) is 0 Å². The van der Waals surface area contributed by atoms with E-state index in [2.05, 4.69) is 34.6 Å². The summed E-state index contributed by atoms with van der Waals surface area (Å²) in [5.74, 6) is 1.53. The van der Waals surface area contributed by atoms with Gasteiger partial charge in [0.05, 0.1) is 0 Å². The van der Waals surface area contributed by atoms with E-state index in [0.717, 1.165) is 0 Å². The topological polar surface area (TPSA) is 0 Å². The minimum atomic E-state index is 0. The Kier molecular flexibility index (Phi) is 6.03. The Morgan fingerprint density at radius 1 is 1.11 bits per heavy atom. The van der Waals surface area contributed by atoms with E-state index in [1.165, 1.54) is 12.3 Å². The molecule has 0 saturated heterocycles. The molecule has 0 radical (unpaired) electrons. The second kappa shape index (κ2) is 4.42. The van der Waals surface area contributed by atoms with E-state index in [-0.39, 0.29) is 18.9 Å². The van der Waals surface area contributed by atoms with Gasteiger partial charge in [-0.15, -0.1) is 0 Å². The number of hydrogen-bond acceptors (Lipinski definition) is 0. The second-order valence-corrected chi connectivity index (χ2v) is 3.94. The van der Waals surface area contributed by atoms with Crippen LogP contribution in [-0.2, 0) is 0 Å². The van der Waals surface area contributed by atoms with Crippen molar-refractivity contribution in [1.82, 2.24) is 0 Å². The average molecular weight is 120 g/mol. The monoisotopic (exact) mass is 120 g/mol. The smallest absolute Gasteiger partial charge is 0.319 e. The molecule has 0 spiro atoms. The van der Waals surface area contributed by atoms with Crippen LogP contribution in [-0.4, -0.2) is 0 Å². The molecular formula is C8H17Li. The SMILES string of the molecule is C[C-](C)CC(C)(C)C.[Li+]. The first-order chi connectivity index (χ1) is 3.42. The molecule has 0 aromatic heterocycles. The van der Waals surface area contributed by atoms with Gasteiger partial charge in [0.2, 0.25) is 0 Å². The van der Waals surface area contributed by atoms with E-state index in [1.54, 1.807) is 0 Å². The molecule has 0 fully saturated rings. The number of hydrogen-bond donors (Lipinski definition) is 0. The van der Waals surface area contributed by atoms with E-state index in [1.807, 2.05) is 0 Å². The molecule has 0 bridgehead atoms. The fourth-order valence-corrected chi connectivity index (χ4v) is 1.06. The first kappa shape index (κ1) is 12.3. The van der Waals surface area contributed by atoms with Crippen molar-refractivity contribution >= 4 is 0 Å². The molecule has 0 N–H and O–H groups in total. The zero-order valence-electron chi connectivity index (χ0n) is 7.71. The summed E-state index contributed by atoms with van der Waals surface area (Å²) in [6.07, 6.45) is 1.24. The molecular weight excluding hydrogens is 103 g/mol. The maximum atomic E-state index is 2.26. The van der Waals surface area contributed by atoms with Crippen molar-refractivity contribution in [2.75, 3.05) is 0 Å². The molecule has 0 aliphatic heterocycles. The molecule has 0 aromatic carbocycles. The molecule has 0 aliphatic rings. The van der Waals surface area contributed by atoms with Crippen LogP contribution in [0.3, 0.4) is 0 Å². The van der Waals surface area contributed by atoms with Crippen molar-refractivity contribution in [2.24, 2.45) is 5.41 Å². The van der Waals surface area contributed by atoms with Gasteiger partial charge in [0.25, 0.3) is 0 Å². The van der Waals surface area contributed by atoms with Crippen LogP contribution in [0, 0.1) is 11.3 Å². The van der Waals surface area contributed by atoms with Gasteiger partial charge in [-0.3, -0.25) is 0 Å². The Hall–Kier alpha value is 0.597. The Balaban J connectivity index is 0. The third kappa shape index (κ3) is 11.9. The molecule has 0 unspecified atom stereocenters. The van der Waals surface area contributed by atoms with Crippen LogP contribution in [0.5, 0.6) is 0 Å². The van der Waals surface area contributed by atoms with Crippen molar-refractivity contribution in [3.63, 3.8) is 0 Å². The predicted octanol–water partition coefficient (Wildman–Crippen LogP) is 0.0409. The van der Waals surface area contributed by atoms with Gasteiger partial charge in [-0.1, -0.05) is 26.2 Å². The minimum Gasteiger partial charge on any atom is -0.319 e. The van der Waals surface area contributed by atoms with Crippen molar-refractivity contribution < 1.29 is 18.9 Å². The largest absolute Gasteiger partial charge is 1.00 e. The summed E-state index contributed by atoms with van der Waals surface area (Å²) in [6, 6.07) is 0. The third-order valence-corrected chi connectivity index (χ3v) is 0.884. The van der Waals surface area contributed by atoms with Gasteiger partial charge >= 0.3 is 18.9 Å². The van der Waals surface area contributed by atoms with Gasteiger partial charge in [0.15, 0.2) is 0 Å². The summed E-state index contributed by atoms with van der Waals surface area (Å²) in [4.78, 5) is 0. The maximum absolute atomic E-state index is 2.26. The fraction of sp³-hybridized carbons (Fsp3) is 0.875. The standard InChI is InChI=1S/C8H17.Li/c1-7(2)6-8(3,4)5;/h6H2,1-5H3;/q-1;+1. The Morgan fingerprint density at radius 2 is 1.44 bits per heavy atom. The predicted molar refractivity (Wildman–Crippen MR) is 38.7 cm³/mol. The van der Waals surface area contributed by atoms with Gasteiger partial charge in [0.1, 0.15) is 0 Å². The molecule has 0 aromatic rings. The number of rotatable bonds is 1. The Morgan fingerprint density at radius 3 is 1.44 bits per heavy atom. The summed E-state index contributed by atoms with van der Waals surface area (Å²) >= 11 is 0. The summed E-state index contributed by atoms with van der Waals surface area (Å²) in [5, 5.41) is 0. The van der Waals surface area contributed by atoms with Crippen molar-refractivity contribution in [1.29, 1.82) is 0 Å². The zero-order chi connectivity index (χ0) is 6.78. The van der Waals surface area contributed by atoms with E-state index >= 15 is 0 Å². The van der Waals surface area contributed by atoms with E-state index in [9.17, 15) is 0 Å². The molecule has 9 heavy (non-hydrogen) atoms. The van der Waals surface area contributed by atoms with Crippen molar-refractivity contribution in [2.45, 2.75) is 41.0 Å². The molecule has 0 nitrogen and oxygen atoms in total. The third-order valence-electron chi connectivity index (χ3n) is 0.884. The van der Waals surface area contributed by atoms with E-state index in [4.69, 9.17) is 0 Å². The summed E-state index contributed by atoms with van der Waals surface area (Å²) in [5.41, 5.74) is 0.485. The molecule has 0 heterocycles. The molecule has 1 heteroatoms.